The molecular weight excluding hydrogens is 230 g/mol. The Kier molecular flexibility index (Phi) is 3.54. The molecule has 0 saturated carbocycles. The zero-order chi connectivity index (χ0) is 12.6. The maximum atomic E-state index is 6.13. The van der Waals surface area contributed by atoms with Crippen LogP contribution in [0.3, 0.4) is 0 Å². The number of rotatable bonds is 3. The maximum absolute atomic E-state index is 6.13. The summed E-state index contributed by atoms with van der Waals surface area (Å²) in [5.41, 5.74) is 6.70. The van der Waals surface area contributed by atoms with Gasteiger partial charge in [0.1, 0.15) is 5.75 Å². The van der Waals surface area contributed by atoms with Crippen LogP contribution < -0.4 is 15.3 Å². The summed E-state index contributed by atoms with van der Waals surface area (Å²) in [6.45, 7) is 13.6. The minimum atomic E-state index is -1.54. The van der Waals surface area contributed by atoms with Gasteiger partial charge in [-0.2, -0.15) is 0 Å². The van der Waals surface area contributed by atoms with Gasteiger partial charge in [-0.15, -0.1) is 0 Å². The third-order valence-corrected chi connectivity index (χ3v) is 5.07. The predicted octanol–water partition coefficient (Wildman–Crippen LogP) is 3.03. The first-order valence-corrected chi connectivity index (χ1v) is 12.6. The zero-order valence-corrected chi connectivity index (χ0v) is 13.2. The Morgan fingerprint density at radius 1 is 1.00 bits per heavy atom. The fourth-order valence-electron chi connectivity index (χ4n) is 1.55. The lowest BCUT2D eigenvalue weighted by molar-refractivity contribution is 0.562. The molecule has 0 bridgehead atoms. The van der Waals surface area contributed by atoms with Gasteiger partial charge in [-0.05, 0) is 43.0 Å². The van der Waals surface area contributed by atoms with Crippen molar-refractivity contribution in [2.24, 2.45) is 0 Å². The summed E-state index contributed by atoms with van der Waals surface area (Å²) in [4.78, 5) is 0. The Morgan fingerprint density at radius 3 is 2.00 bits per heavy atom. The van der Waals surface area contributed by atoms with Crippen molar-refractivity contribution >= 4 is 27.3 Å². The Balaban J connectivity index is 3.19. The SMILES string of the molecule is C[Si](C)(C)Oc1ccc(N)cc1[Si](C)(C)C. The highest BCUT2D eigenvalue weighted by atomic mass is 28.4. The molecule has 0 spiro atoms. The van der Waals surface area contributed by atoms with Gasteiger partial charge in [0, 0.05) is 5.69 Å². The van der Waals surface area contributed by atoms with Crippen molar-refractivity contribution in [1.29, 1.82) is 0 Å². The van der Waals surface area contributed by atoms with Crippen LogP contribution in [0.5, 0.6) is 5.75 Å². The molecule has 0 amide bonds. The Hall–Kier alpha value is -0.746. The van der Waals surface area contributed by atoms with Gasteiger partial charge >= 0.3 is 0 Å². The standard InChI is InChI=1S/C12H23NOSi2/c1-15(2,3)12-9-10(13)7-8-11(12)14-16(4,5)6/h7-9H,13H2,1-6H3. The summed E-state index contributed by atoms with van der Waals surface area (Å²) in [7, 11) is -2.94. The van der Waals surface area contributed by atoms with Crippen LogP contribution in [0, 0.1) is 0 Å². The second-order valence-electron chi connectivity index (χ2n) is 6.22. The van der Waals surface area contributed by atoms with E-state index in [0.717, 1.165) is 11.4 Å². The molecule has 0 aromatic heterocycles. The fourth-order valence-corrected chi connectivity index (χ4v) is 3.97. The van der Waals surface area contributed by atoms with Crippen molar-refractivity contribution in [2.75, 3.05) is 5.73 Å². The van der Waals surface area contributed by atoms with Crippen LogP contribution in [0.1, 0.15) is 0 Å². The van der Waals surface area contributed by atoms with Crippen molar-refractivity contribution in [3.8, 4) is 5.75 Å². The molecule has 90 valence electrons. The molecule has 16 heavy (non-hydrogen) atoms. The summed E-state index contributed by atoms with van der Waals surface area (Å²) in [6.07, 6.45) is 0. The topological polar surface area (TPSA) is 35.2 Å². The molecule has 0 radical (unpaired) electrons. The van der Waals surface area contributed by atoms with Crippen LogP contribution in [0.25, 0.3) is 0 Å². The summed E-state index contributed by atoms with van der Waals surface area (Å²) in [6, 6.07) is 6.04. The van der Waals surface area contributed by atoms with Gasteiger partial charge in [-0.25, -0.2) is 0 Å². The molecule has 0 aliphatic heterocycles. The van der Waals surface area contributed by atoms with E-state index < -0.39 is 16.4 Å². The molecule has 0 saturated heterocycles. The molecule has 0 fully saturated rings. The fraction of sp³-hybridized carbons (Fsp3) is 0.500. The van der Waals surface area contributed by atoms with Crippen molar-refractivity contribution in [1.82, 2.24) is 0 Å². The van der Waals surface area contributed by atoms with Gasteiger partial charge in [0.15, 0.2) is 0 Å². The molecule has 0 aliphatic rings. The van der Waals surface area contributed by atoms with Gasteiger partial charge in [-0.3, -0.25) is 0 Å². The molecule has 1 aromatic carbocycles. The first-order valence-electron chi connectivity index (χ1n) is 5.68. The number of nitrogens with two attached hydrogens (primary N) is 1. The van der Waals surface area contributed by atoms with Crippen LogP contribution >= 0.6 is 0 Å². The Bertz CT molecular complexity index is 378. The minimum Gasteiger partial charge on any atom is -0.544 e. The van der Waals surface area contributed by atoms with Gasteiger partial charge in [0.05, 0.1) is 8.07 Å². The van der Waals surface area contributed by atoms with Crippen LogP contribution in [-0.4, -0.2) is 16.4 Å². The summed E-state index contributed by atoms with van der Waals surface area (Å²) in [5, 5.41) is 1.33. The Morgan fingerprint density at radius 2 is 1.56 bits per heavy atom. The zero-order valence-electron chi connectivity index (χ0n) is 11.2. The van der Waals surface area contributed by atoms with E-state index >= 15 is 0 Å². The van der Waals surface area contributed by atoms with Crippen molar-refractivity contribution in [2.45, 2.75) is 39.3 Å². The molecule has 0 aliphatic carbocycles. The molecule has 1 rings (SSSR count). The lowest BCUT2D eigenvalue weighted by atomic mass is 10.3. The van der Waals surface area contributed by atoms with E-state index in [1.165, 1.54) is 5.19 Å². The average Bonchev–Trinajstić information content (AvgIpc) is 2.04. The van der Waals surface area contributed by atoms with Gasteiger partial charge in [-0.1, -0.05) is 19.6 Å². The molecule has 4 heteroatoms. The van der Waals surface area contributed by atoms with Crippen LogP contribution in [0.2, 0.25) is 39.3 Å². The number of anilines is 1. The quantitative estimate of drug-likeness (QED) is 0.664. The smallest absolute Gasteiger partial charge is 0.242 e. The van der Waals surface area contributed by atoms with E-state index in [1.807, 2.05) is 12.1 Å². The molecule has 0 heterocycles. The third-order valence-electron chi connectivity index (χ3n) is 2.23. The monoisotopic (exact) mass is 253 g/mol. The van der Waals surface area contributed by atoms with Gasteiger partial charge in [0.2, 0.25) is 8.32 Å². The molecular formula is C12H23NOSi2. The Labute approximate surface area is 101 Å². The second-order valence-corrected chi connectivity index (χ2v) is 15.7. The number of hydrogen-bond donors (Lipinski definition) is 1. The van der Waals surface area contributed by atoms with Crippen LogP contribution in [0.4, 0.5) is 5.69 Å². The average molecular weight is 253 g/mol. The maximum Gasteiger partial charge on any atom is 0.242 e. The van der Waals surface area contributed by atoms with E-state index in [-0.39, 0.29) is 0 Å². The highest BCUT2D eigenvalue weighted by Crippen LogP contribution is 2.20. The molecule has 0 unspecified atom stereocenters. The summed E-state index contributed by atoms with van der Waals surface area (Å²) < 4.78 is 6.13. The number of nitrogen functional groups attached to an aromatic ring is 1. The molecule has 2 N–H and O–H groups in total. The lowest BCUT2D eigenvalue weighted by Crippen LogP contribution is -2.41. The van der Waals surface area contributed by atoms with Gasteiger partial charge in [0.25, 0.3) is 0 Å². The number of benzene rings is 1. The van der Waals surface area contributed by atoms with Crippen molar-refractivity contribution in [3.63, 3.8) is 0 Å². The molecule has 1 aromatic rings. The van der Waals surface area contributed by atoms with Gasteiger partial charge < -0.3 is 10.2 Å². The second kappa shape index (κ2) is 4.26. The highest BCUT2D eigenvalue weighted by molar-refractivity contribution is 6.89. The first kappa shape index (κ1) is 13.3. The van der Waals surface area contributed by atoms with Crippen LogP contribution in [-0.2, 0) is 0 Å². The minimum absolute atomic E-state index is 0.834. The lowest BCUT2D eigenvalue weighted by Gasteiger charge is -2.26. The normalized spacial score (nSPS) is 12.6. The molecule has 2 nitrogen and oxygen atoms in total. The van der Waals surface area contributed by atoms with E-state index in [0.29, 0.717) is 0 Å². The number of hydrogen-bond acceptors (Lipinski definition) is 2. The largest absolute Gasteiger partial charge is 0.544 e. The van der Waals surface area contributed by atoms with Crippen LogP contribution in [0.15, 0.2) is 18.2 Å². The van der Waals surface area contributed by atoms with E-state index in [2.05, 4.69) is 45.3 Å². The summed E-state index contributed by atoms with van der Waals surface area (Å²) in [5.74, 6) is 1.05. The summed E-state index contributed by atoms with van der Waals surface area (Å²) >= 11 is 0. The predicted molar refractivity (Wildman–Crippen MR) is 77.8 cm³/mol. The van der Waals surface area contributed by atoms with E-state index in [4.69, 9.17) is 10.2 Å². The van der Waals surface area contributed by atoms with Crippen molar-refractivity contribution in [3.05, 3.63) is 18.2 Å². The molecule has 0 atom stereocenters. The van der Waals surface area contributed by atoms with E-state index in [9.17, 15) is 0 Å². The van der Waals surface area contributed by atoms with E-state index in [1.54, 1.807) is 0 Å². The van der Waals surface area contributed by atoms with Crippen molar-refractivity contribution < 1.29 is 4.43 Å². The highest BCUT2D eigenvalue weighted by Gasteiger charge is 2.25. The first-order chi connectivity index (χ1) is 7.09. The third kappa shape index (κ3) is 3.68.